The molecule has 0 unspecified atom stereocenters. The molecule has 0 saturated carbocycles. The van der Waals surface area contributed by atoms with E-state index in [4.69, 9.17) is 16.7 Å². The number of halogens is 1. The summed E-state index contributed by atoms with van der Waals surface area (Å²) in [5, 5.41) is 8.52. The van der Waals surface area contributed by atoms with Gasteiger partial charge in [0.25, 0.3) is 11.8 Å². The number of benzene rings is 1. The van der Waals surface area contributed by atoms with Crippen LogP contribution in [0.25, 0.3) is 0 Å². The van der Waals surface area contributed by atoms with Gasteiger partial charge in [0.05, 0.1) is 10.6 Å². The van der Waals surface area contributed by atoms with Crippen LogP contribution in [-0.4, -0.2) is 22.9 Å². The summed E-state index contributed by atoms with van der Waals surface area (Å²) in [5.41, 5.74) is 4.31. The molecule has 0 aliphatic heterocycles. The molecule has 0 aliphatic rings. The standard InChI is InChI=1S/C11H9ClN2O4/c12-8-4-2-1-3-7(8)11(18)14-13-9(15)5-6-10(16)17/h1-6H,(H,13,15)(H,14,18)(H,16,17). The lowest BCUT2D eigenvalue weighted by molar-refractivity contribution is -0.131. The number of amides is 2. The second-order valence-corrected chi connectivity index (χ2v) is 3.50. The van der Waals surface area contributed by atoms with Gasteiger partial charge in [-0.25, -0.2) is 4.79 Å². The first kappa shape index (κ1) is 13.7. The van der Waals surface area contributed by atoms with Crippen molar-refractivity contribution in [2.75, 3.05) is 0 Å². The summed E-state index contributed by atoms with van der Waals surface area (Å²) < 4.78 is 0. The Labute approximate surface area is 107 Å². The molecule has 1 rings (SSSR count). The van der Waals surface area contributed by atoms with Gasteiger partial charge < -0.3 is 5.11 Å². The van der Waals surface area contributed by atoms with Gasteiger partial charge in [-0.1, -0.05) is 23.7 Å². The van der Waals surface area contributed by atoms with Crippen LogP contribution in [0.4, 0.5) is 0 Å². The summed E-state index contributed by atoms with van der Waals surface area (Å²) in [4.78, 5) is 32.8. The Bertz CT molecular complexity index is 514. The minimum absolute atomic E-state index is 0.196. The van der Waals surface area contributed by atoms with E-state index in [0.717, 1.165) is 6.08 Å². The van der Waals surface area contributed by atoms with Crippen molar-refractivity contribution < 1.29 is 19.5 Å². The molecular weight excluding hydrogens is 260 g/mol. The van der Waals surface area contributed by atoms with Crippen molar-refractivity contribution >= 4 is 29.4 Å². The van der Waals surface area contributed by atoms with Crippen LogP contribution < -0.4 is 10.9 Å². The average molecular weight is 269 g/mol. The van der Waals surface area contributed by atoms with Gasteiger partial charge in [0.1, 0.15) is 0 Å². The number of carbonyl (C=O) groups is 3. The molecule has 0 saturated heterocycles. The molecular formula is C11H9ClN2O4. The van der Waals surface area contributed by atoms with Gasteiger partial charge in [-0.15, -0.1) is 0 Å². The minimum atomic E-state index is -1.26. The Kier molecular flexibility index (Phi) is 4.89. The summed E-state index contributed by atoms with van der Waals surface area (Å²) in [6.07, 6.45) is 1.42. The van der Waals surface area contributed by atoms with Gasteiger partial charge in [-0.05, 0) is 12.1 Å². The molecule has 0 fully saturated rings. The Morgan fingerprint density at radius 1 is 1.11 bits per heavy atom. The van der Waals surface area contributed by atoms with Gasteiger partial charge in [0, 0.05) is 12.2 Å². The number of rotatable bonds is 3. The molecule has 0 heterocycles. The Balaban J connectivity index is 2.55. The van der Waals surface area contributed by atoms with Crippen LogP contribution in [0.15, 0.2) is 36.4 Å². The van der Waals surface area contributed by atoms with Crippen LogP contribution in [0.5, 0.6) is 0 Å². The first-order chi connectivity index (χ1) is 8.50. The molecule has 18 heavy (non-hydrogen) atoms. The number of carboxylic acid groups (broad SMARTS) is 1. The normalized spacial score (nSPS) is 10.1. The van der Waals surface area contributed by atoms with E-state index in [1.165, 1.54) is 12.1 Å². The molecule has 6 nitrogen and oxygen atoms in total. The molecule has 0 aliphatic carbocycles. The maximum Gasteiger partial charge on any atom is 0.328 e. The third-order valence-corrected chi connectivity index (χ3v) is 2.12. The third-order valence-electron chi connectivity index (χ3n) is 1.79. The average Bonchev–Trinajstić information content (AvgIpc) is 2.34. The predicted molar refractivity (Wildman–Crippen MR) is 63.8 cm³/mol. The monoisotopic (exact) mass is 268 g/mol. The fourth-order valence-electron chi connectivity index (χ4n) is 1.02. The zero-order valence-corrected chi connectivity index (χ0v) is 9.77. The highest BCUT2D eigenvalue weighted by atomic mass is 35.5. The molecule has 94 valence electrons. The Hall–Kier alpha value is -2.34. The summed E-state index contributed by atoms with van der Waals surface area (Å²) >= 11 is 5.77. The number of carboxylic acids is 1. The third kappa shape index (κ3) is 4.26. The highest BCUT2D eigenvalue weighted by molar-refractivity contribution is 6.33. The fourth-order valence-corrected chi connectivity index (χ4v) is 1.24. The van der Waals surface area contributed by atoms with Crippen molar-refractivity contribution in [2.24, 2.45) is 0 Å². The maximum atomic E-state index is 11.6. The molecule has 0 radical (unpaired) electrons. The molecule has 1 aromatic rings. The Morgan fingerprint density at radius 2 is 1.78 bits per heavy atom. The van der Waals surface area contributed by atoms with E-state index < -0.39 is 17.8 Å². The van der Waals surface area contributed by atoms with Crippen LogP contribution in [0.1, 0.15) is 10.4 Å². The number of aliphatic carboxylic acids is 1. The number of nitrogens with one attached hydrogen (secondary N) is 2. The number of hydrogen-bond donors (Lipinski definition) is 3. The topological polar surface area (TPSA) is 95.5 Å². The number of carbonyl (C=O) groups excluding carboxylic acids is 2. The maximum absolute atomic E-state index is 11.6. The van der Waals surface area contributed by atoms with E-state index in [1.54, 1.807) is 12.1 Å². The van der Waals surface area contributed by atoms with Gasteiger partial charge in [0.2, 0.25) is 0 Å². The van der Waals surface area contributed by atoms with E-state index in [-0.39, 0.29) is 10.6 Å². The molecule has 0 aromatic heterocycles. The van der Waals surface area contributed by atoms with Gasteiger partial charge >= 0.3 is 5.97 Å². The summed E-state index contributed by atoms with van der Waals surface area (Å²) in [7, 11) is 0. The van der Waals surface area contributed by atoms with Gasteiger partial charge in [-0.2, -0.15) is 0 Å². The molecule has 2 amide bonds. The summed E-state index contributed by atoms with van der Waals surface area (Å²) in [6.45, 7) is 0. The van der Waals surface area contributed by atoms with Crippen LogP contribution in [0, 0.1) is 0 Å². The lowest BCUT2D eigenvalue weighted by Crippen LogP contribution is -2.40. The van der Waals surface area contributed by atoms with Crippen LogP contribution in [0.2, 0.25) is 5.02 Å². The largest absolute Gasteiger partial charge is 0.478 e. The molecule has 0 atom stereocenters. The lowest BCUT2D eigenvalue weighted by Gasteiger charge is -2.06. The second kappa shape index (κ2) is 6.41. The first-order valence-corrected chi connectivity index (χ1v) is 5.14. The van der Waals surface area contributed by atoms with Crippen molar-refractivity contribution in [3.8, 4) is 0 Å². The highest BCUT2D eigenvalue weighted by Gasteiger charge is 2.09. The van der Waals surface area contributed by atoms with Crippen molar-refractivity contribution in [1.82, 2.24) is 10.9 Å². The molecule has 3 N–H and O–H groups in total. The van der Waals surface area contributed by atoms with E-state index in [2.05, 4.69) is 5.43 Å². The number of hydrazine groups is 1. The van der Waals surface area contributed by atoms with Crippen molar-refractivity contribution in [2.45, 2.75) is 0 Å². The van der Waals surface area contributed by atoms with Crippen LogP contribution in [-0.2, 0) is 9.59 Å². The van der Waals surface area contributed by atoms with Crippen LogP contribution >= 0.6 is 11.6 Å². The van der Waals surface area contributed by atoms with E-state index in [1.807, 2.05) is 5.43 Å². The second-order valence-electron chi connectivity index (χ2n) is 3.09. The van der Waals surface area contributed by atoms with E-state index in [9.17, 15) is 14.4 Å². The zero-order valence-electron chi connectivity index (χ0n) is 9.01. The SMILES string of the molecule is O=C(O)C=CC(=O)NNC(=O)c1ccccc1Cl. The van der Waals surface area contributed by atoms with Crippen LogP contribution in [0.3, 0.4) is 0 Å². The van der Waals surface area contributed by atoms with Gasteiger partial charge in [-0.3, -0.25) is 20.4 Å². The quantitative estimate of drug-likeness (QED) is 0.557. The van der Waals surface area contributed by atoms with Gasteiger partial charge in [0.15, 0.2) is 0 Å². The number of hydrogen-bond acceptors (Lipinski definition) is 3. The molecule has 1 aromatic carbocycles. The van der Waals surface area contributed by atoms with E-state index >= 15 is 0 Å². The lowest BCUT2D eigenvalue weighted by atomic mass is 10.2. The minimum Gasteiger partial charge on any atom is -0.478 e. The fraction of sp³-hybridized carbons (Fsp3) is 0. The smallest absolute Gasteiger partial charge is 0.328 e. The van der Waals surface area contributed by atoms with Crippen molar-refractivity contribution in [3.63, 3.8) is 0 Å². The molecule has 0 spiro atoms. The summed E-state index contributed by atoms with van der Waals surface area (Å²) in [6, 6.07) is 6.29. The first-order valence-electron chi connectivity index (χ1n) is 4.76. The van der Waals surface area contributed by atoms with Crippen molar-refractivity contribution in [3.05, 3.63) is 47.0 Å². The van der Waals surface area contributed by atoms with E-state index in [0.29, 0.717) is 6.08 Å². The molecule has 7 heteroatoms. The summed E-state index contributed by atoms with van der Waals surface area (Å²) in [5.74, 6) is -2.63. The zero-order chi connectivity index (χ0) is 13.5. The van der Waals surface area contributed by atoms with Crippen molar-refractivity contribution in [1.29, 1.82) is 0 Å². The highest BCUT2D eigenvalue weighted by Crippen LogP contribution is 2.13. The Morgan fingerprint density at radius 3 is 2.39 bits per heavy atom. The molecule has 0 bridgehead atoms. The predicted octanol–water partition coefficient (Wildman–Crippen LogP) is 0.742.